The van der Waals surface area contributed by atoms with Crippen LogP contribution in [0.25, 0.3) is 22.2 Å². The number of H-pyrrole nitrogens is 1. The Balaban J connectivity index is 1.49. The van der Waals surface area contributed by atoms with E-state index >= 15 is 0 Å². The molecule has 0 radical (unpaired) electrons. The van der Waals surface area contributed by atoms with Gasteiger partial charge in [0.25, 0.3) is 0 Å². The average Bonchev–Trinajstić information content (AvgIpc) is 3.24. The maximum atomic E-state index is 6.15. The number of morpholine rings is 1. The lowest BCUT2D eigenvalue weighted by Crippen LogP contribution is -2.45. The van der Waals surface area contributed by atoms with Crippen LogP contribution in [-0.4, -0.2) is 46.1 Å². The first kappa shape index (κ1) is 17.5. The van der Waals surface area contributed by atoms with Crippen LogP contribution in [0, 0.1) is 0 Å². The molecule has 2 unspecified atom stereocenters. The molecule has 6 heteroatoms. The first-order valence-corrected chi connectivity index (χ1v) is 10.0. The van der Waals surface area contributed by atoms with Gasteiger partial charge in [0.15, 0.2) is 0 Å². The zero-order valence-corrected chi connectivity index (χ0v) is 16.6. The Morgan fingerprint density at radius 2 is 1.93 bits per heavy atom. The molecular formula is C22H26N4O2. The topological polar surface area (TPSA) is 63.3 Å². The summed E-state index contributed by atoms with van der Waals surface area (Å²) in [4.78, 5) is 6.90. The minimum atomic E-state index is 0.00509. The second-order valence-corrected chi connectivity index (χ2v) is 8.40. The van der Waals surface area contributed by atoms with Crippen molar-refractivity contribution in [3.63, 3.8) is 0 Å². The molecule has 3 heterocycles. The van der Waals surface area contributed by atoms with E-state index < -0.39 is 0 Å². The van der Waals surface area contributed by atoms with Crippen LogP contribution in [0.3, 0.4) is 0 Å². The molecular weight excluding hydrogens is 352 g/mol. The smallest absolute Gasteiger partial charge is 0.129 e. The third-order valence-electron chi connectivity index (χ3n) is 5.62. The second-order valence-electron chi connectivity index (χ2n) is 8.40. The SMILES string of the molecule is CC1CN(c2cc(-c3n[nH]c4ccc(OC5(C)CC5)cc34)ccn2)CC(C)O1. The third-order valence-corrected chi connectivity index (χ3v) is 5.62. The number of nitrogens with one attached hydrogen (secondary N) is 1. The molecule has 3 aromatic rings. The summed E-state index contributed by atoms with van der Waals surface area (Å²) in [6.07, 6.45) is 4.50. The lowest BCUT2D eigenvalue weighted by Gasteiger charge is -2.36. The molecule has 146 valence electrons. The second kappa shape index (κ2) is 6.48. The molecule has 0 spiro atoms. The van der Waals surface area contributed by atoms with E-state index in [1.54, 1.807) is 0 Å². The molecule has 2 atom stereocenters. The highest BCUT2D eigenvalue weighted by Gasteiger charge is 2.40. The molecule has 28 heavy (non-hydrogen) atoms. The molecule has 2 aromatic heterocycles. The number of rotatable bonds is 4. The Morgan fingerprint density at radius 1 is 1.14 bits per heavy atom. The number of hydrogen-bond donors (Lipinski definition) is 1. The van der Waals surface area contributed by atoms with Crippen LogP contribution in [0.15, 0.2) is 36.5 Å². The van der Waals surface area contributed by atoms with E-state index in [0.29, 0.717) is 0 Å². The van der Waals surface area contributed by atoms with Crippen molar-refractivity contribution < 1.29 is 9.47 Å². The number of benzene rings is 1. The first-order valence-electron chi connectivity index (χ1n) is 10.0. The summed E-state index contributed by atoms with van der Waals surface area (Å²) in [5.41, 5.74) is 3.00. The highest BCUT2D eigenvalue weighted by atomic mass is 16.5. The van der Waals surface area contributed by atoms with Crippen LogP contribution in [0.5, 0.6) is 5.75 Å². The average molecular weight is 378 g/mol. The molecule has 0 bridgehead atoms. The molecule has 1 saturated carbocycles. The molecule has 6 nitrogen and oxygen atoms in total. The summed E-state index contributed by atoms with van der Waals surface area (Å²) in [7, 11) is 0. The Kier molecular flexibility index (Phi) is 4.05. The summed E-state index contributed by atoms with van der Waals surface area (Å²) in [6, 6.07) is 10.3. The molecule has 1 aliphatic carbocycles. The molecule has 0 amide bonds. The predicted molar refractivity (Wildman–Crippen MR) is 110 cm³/mol. The fourth-order valence-corrected chi connectivity index (χ4v) is 3.94. The Morgan fingerprint density at radius 3 is 2.68 bits per heavy atom. The highest BCUT2D eigenvalue weighted by Crippen LogP contribution is 2.40. The van der Waals surface area contributed by atoms with Gasteiger partial charge in [-0.3, -0.25) is 5.10 Å². The minimum absolute atomic E-state index is 0.00509. The van der Waals surface area contributed by atoms with Gasteiger partial charge in [0.05, 0.1) is 17.7 Å². The summed E-state index contributed by atoms with van der Waals surface area (Å²) < 4.78 is 12.0. The third kappa shape index (κ3) is 3.33. The largest absolute Gasteiger partial charge is 0.488 e. The predicted octanol–water partition coefficient (Wildman–Crippen LogP) is 4.17. The first-order chi connectivity index (χ1) is 13.5. The molecule has 5 rings (SSSR count). The van der Waals surface area contributed by atoms with E-state index in [1.165, 1.54) is 0 Å². The van der Waals surface area contributed by atoms with Gasteiger partial charge in [0, 0.05) is 30.2 Å². The molecule has 2 fully saturated rings. The monoisotopic (exact) mass is 378 g/mol. The quantitative estimate of drug-likeness (QED) is 0.738. The van der Waals surface area contributed by atoms with Crippen LogP contribution in [0.1, 0.15) is 33.6 Å². The minimum Gasteiger partial charge on any atom is -0.488 e. The number of hydrogen-bond acceptors (Lipinski definition) is 5. The molecule has 1 saturated heterocycles. The zero-order chi connectivity index (χ0) is 19.3. The van der Waals surface area contributed by atoms with Gasteiger partial charge in [-0.05, 0) is 63.9 Å². The summed E-state index contributed by atoms with van der Waals surface area (Å²) in [5, 5.41) is 8.80. The maximum Gasteiger partial charge on any atom is 0.129 e. The summed E-state index contributed by atoms with van der Waals surface area (Å²) >= 11 is 0. The Labute approximate surface area is 164 Å². The van der Waals surface area contributed by atoms with Crippen LogP contribution < -0.4 is 9.64 Å². The molecule has 2 aliphatic rings. The maximum absolute atomic E-state index is 6.15. The number of anilines is 1. The molecule has 1 N–H and O–H groups in total. The van der Waals surface area contributed by atoms with Gasteiger partial charge in [-0.25, -0.2) is 4.98 Å². The van der Waals surface area contributed by atoms with Crippen molar-refractivity contribution in [3.8, 4) is 17.0 Å². The van der Waals surface area contributed by atoms with Crippen molar-refractivity contribution in [2.24, 2.45) is 0 Å². The Hall–Kier alpha value is -2.60. The van der Waals surface area contributed by atoms with Gasteiger partial charge in [-0.15, -0.1) is 0 Å². The summed E-state index contributed by atoms with van der Waals surface area (Å²) in [5.74, 6) is 1.87. The lowest BCUT2D eigenvalue weighted by molar-refractivity contribution is -0.00545. The number of nitrogens with zero attached hydrogens (tertiary/aromatic N) is 3. The number of aromatic nitrogens is 3. The highest BCUT2D eigenvalue weighted by molar-refractivity contribution is 5.94. The van der Waals surface area contributed by atoms with E-state index in [4.69, 9.17) is 9.47 Å². The van der Waals surface area contributed by atoms with E-state index in [2.05, 4.69) is 53.0 Å². The van der Waals surface area contributed by atoms with Gasteiger partial charge < -0.3 is 14.4 Å². The zero-order valence-electron chi connectivity index (χ0n) is 16.6. The normalized spacial score (nSPS) is 23.8. The van der Waals surface area contributed by atoms with Gasteiger partial charge in [-0.2, -0.15) is 5.10 Å². The van der Waals surface area contributed by atoms with Crippen molar-refractivity contribution in [2.75, 3.05) is 18.0 Å². The number of pyridine rings is 1. The van der Waals surface area contributed by atoms with Crippen LogP contribution in [0.4, 0.5) is 5.82 Å². The van der Waals surface area contributed by atoms with E-state index in [0.717, 1.165) is 59.7 Å². The van der Waals surface area contributed by atoms with Gasteiger partial charge in [0.1, 0.15) is 22.9 Å². The molecule has 1 aromatic carbocycles. The van der Waals surface area contributed by atoms with Gasteiger partial charge in [-0.1, -0.05) is 0 Å². The van der Waals surface area contributed by atoms with Crippen LogP contribution >= 0.6 is 0 Å². The van der Waals surface area contributed by atoms with Crippen molar-refractivity contribution in [2.45, 2.75) is 51.4 Å². The van der Waals surface area contributed by atoms with Crippen molar-refractivity contribution in [1.82, 2.24) is 15.2 Å². The fraction of sp³-hybridized carbons (Fsp3) is 0.455. The number of fused-ring (bicyclic) bond motifs is 1. The standard InChI is InChI=1S/C22H26N4O2/c1-14-12-26(13-15(2)27-14)20-10-16(6-9-23-20)21-18-11-17(28-22(3)7-8-22)4-5-19(18)24-25-21/h4-6,9-11,14-15H,7-8,12-13H2,1-3H3,(H,24,25). The van der Waals surface area contributed by atoms with Crippen molar-refractivity contribution >= 4 is 16.7 Å². The van der Waals surface area contributed by atoms with E-state index in [1.807, 2.05) is 24.4 Å². The van der Waals surface area contributed by atoms with Crippen LogP contribution in [0.2, 0.25) is 0 Å². The lowest BCUT2D eigenvalue weighted by atomic mass is 10.1. The van der Waals surface area contributed by atoms with E-state index in [-0.39, 0.29) is 17.8 Å². The fourth-order valence-electron chi connectivity index (χ4n) is 3.94. The summed E-state index contributed by atoms with van der Waals surface area (Å²) in [6.45, 7) is 8.07. The number of ether oxygens (including phenoxy) is 2. The van der Waals surface area contributed by atoms with Gasteiger partial charge >= 0.3 is 0 Å². The number of aromatic amines is 1. The van der Waals surface area contributed by atoms with E-state index in [9.17, 15) is 0 Å². The van der Waals surface area contributed by atoms with Crippen LogP contribution in [-0.2, 0) is 4.74 Å². The Bertz CT molecular complexity index is 1000. The van der Waals surface area contributed by atoms with Crippen molar-refractivity contribution in [3.05, 3.63) is 36.5 Å². The van der Waals surface area contributed by atoms with Gasteiger partial charge in [0.2, 0.25) is 0 Å². The van der Waals surface area contributed by atoms with Crippen molar-refractivity contribution in [1.29, 1.82) is 0 Å². The molecule has 1 aliphatic heterocycles.